The van der Waals surface area contributed by atoms with Crippen molar-refractivity contribution < 1.29 is 14.3 Å². The minimum Gasteiger partial charge on any atom is -0.493 e. The lowest BCUT2D eigenvalue weighted by molar-refractivity contribution is 0.0698. The summed E-state index contributed by atoms with van der Waals surface area (Å²) in [4.78, 5) is 20.7. The molecule has 29 heavy (non-hydrogen) atoms. The van der Waals surface area contributed by atoms with Gasteiger partial charge in [-0.1, -0.05) is 30.3 Å². The minimum absolute atomic E-state index is 0.0300. The fourth-order valence-corrected chi connectivity index (χ4v) is 4.90. The van der Waals surface area contributed by atoms with Crippen molar-refractivity contribution in [2.45, 2.75) is 26.3 Å². The van der Waals surface area contributed by atoms with E-state index in [0.717, 1.165) is 28.2 Å². The third-order valence-electron chi connectivity index (χ3n) is 5.35. The van der Waals surface area contributed by atoms with Crippen molar-refractivity contribution in [1.82, 2.24) is 9.88 Å². The molecule has 6 heteroatoms. The van der Waals surface area contributed by atoms with Gasteiger partial charge >= 0.3 is 0 Å². The second-order valence-electron chi connectivity index (χ2n) is 7.12. The molecule has 150 valence electrons. The van der Waals surface area contributed by atoms with Crippen LogP contribution >= 0.6 is 11.3 Å². The maximum Gasteiger partial charge on any atom is 0.266 e. The summed E-state index contributed by atoms with van der Waals surface area (Å²) in [5, 5.41) is 0.908. The first-order valence-electron chi connectivity index (χ1n) is 9.58. The van der Waals surface area contributed by atoms with E-state index in [1.54, 1.807) is 14.2 Å². The molecule has 0 radical (unpaired) electrons. The molecule has 0 bridgehead atoms. The van der Waals surface area contributed by atoms with Gasteiger partial charge in [-0.2, -0.15) is 0 Å². The molecule has 1 amide bonds. The van der Waals surface area contributed by atoms with E-state index in [4.69, 9.17) is 9.47 Å². The van der Waals surface area contributed by atoms with E-state index in [0.29, 0.717) is 22.9 Å². The van der Waals surface area contributed by atoms with Gasteiger partial charge in [0.05, 0.1) is 31.0 Å². The molecule has 0 saturated heterocycles. The zero-order valence-electron chi connectivity index (χ0n) is 17.1. The average molecular weight is 409 g/mol. The molecule has 5 nitrogen and oxygen atoms in total. The standard InChI is InChI=1S/C23H24N2O3S/c1-14-22(29-15(2)24-14)23(26)25-11-10-17-12-19(27-3)20(28-4)13-18(17)21(25)16-8-6-5-7-9-16/h5-9,12-13,21H,10-11H2,1-4H3. The molecule has 1 unspecified atom stereocenters. The predicted octanol–water partition coefficient (Wildman–Crippen LogP) is 4.57. The van der Waals surface area contributed by atoms with Crippen molar-refractivity contribution in [3.63, 3.8) is 0 Å². The molecule has 0 aliphatic carbocycles. The first kappa shape index (κ1) is 19.5. The molecule has 1 aromatic heterocycles. The first-order chi connectivity index (χ1) is 14.0. The summed E-state index contributed by atoms with van der Waals surface area (Å²) in [7, 11) is 3.28. The highest BCUT2D eigenvalue weighted by Crippen LogP contribution is 2.41. The lowest BCUT2D eigenvalue weighted by atomic mass is 9.87. The van der Waals surface area contributed by atoms with Gasteiger partial charge in [0.15, 0.2) is 11.5 Å². The van der Waals surface area contributed by atoms with E-state index in [9.17, 15) is 4.79 Å². The SMILES string of the molecule is COc1cc2c(cc1OC)C(c1ccccc1)N(C(=O)c1sc(C)nc1C)CC2. The normalized spacial score (nSPS) is 15.7. The molecule has 2 aromatic carbocycles. The van der Waals surface area contributed by atoms with Crippen LogP contribution in [-0.4, -0.2) is 36.6 Å². The summed E-state index contributed by atoms with van der Waals surface area (Å²) < 4.78 is 11.0. The van der Waals surface area contributed by atoms with E-state index in [-0.39, 0.29) is 11.9 Å². The largest absolute Gasteiger partial charge is 0.493 e. The maximum atomic E-state index is 13.5. The summed E-state index contributed by atoms with van der Waals surface area (Å²) >= 11 is 1.46. The van der Waals surface area contributed by atoms with Crippen LogP contribution in [0.2, 0.25) is 0 Å². The lowest BCUT2D eigenvalue weighted by Crippen LogP contribution is -2.40. The Bertz CT molecular complexity index is 1050. The molecule has 1 aliphatic rings. The second kappa shape index (κ2) is 7.87. The van der Waals surface area contributed by atoms with Crippen LogP contribution in [0.5, 0.6) is 11.5 Å². The van der Waals surface area contributed by atoms with Gasteiger partial charge in [0.1, 0.15) is 4.88 Å². The molecule has 1 aliphatic heterocycles. The van der Waals surface area contributed by atoms with Crippen molar-refractivity contribution in [2.75, 3.05) is 20.8 Å². The van der Waals surface area contributed by atoms with E-state index < -0.39 is 0 Å². The zero-order valence-corrected chi connectivity index (χ0v) is 17.9. The number of hydrogen-bond acceptors (Lipinski definition) is 5. The Hall–Kier alpha value is -2.86. The van der Waals surface area contributed by atoms with E-state index >= 15 is 0 Å². The molecular weight excluding hydrogens is 384 g/mol. The van der Waals surface area contributed by atoms with Gasteiger partial charge in [-0.15, -0.1) is 11.3 Å². The molecule has 1 atom stereocenters. The number of thiazole rings is 1. The highest BCUT2D eigenvalue weighted by Gasteiger charge is 2.35. The van der Waals surface area contributed by atoms with Crippen LogP contribution in [0.4, 0.5) is 0 Å². The summed E-state index contributed by atoms with van der Waals surface area (Å²) in [5.74, 6) is 1.42. The number of fused-ring (bicyclic) bond motifs is 1. The number of nitrogens with zero attached hydrogens (tertiary/aromatic N) is 2. The van der Waals surface area contributed by atoms with Crippen LogP contribution < -0.4 is 9.47 Å². The Kier molecular flexibility index (Phi) is 5.28. The number of hydrogen-bond donors (Lipinski definition) is 0. The van der Waals surface area contributed by atoms with Crippen LogP contribution in [0.3, 0.4) is 0 Å². The highest BCUT2D eigenvalue weighted by molar-refractivity contribution is 7.13. The summed E-state index contributed by atoms with van der Waals surface area (Å²) in [5.41, 5.74) is 4.13. The molecule has 0 spiro atoms. The summed E-state index contributed by atoms with van der Waals surface area (Å²) in [6.07, 6.45) is 0.765. The van der Waals surface area contributed by atoms with E-state index in [1.807, 2.05) is 49.1 Å². The molecule has 2 heterocycles. The number of carbonyl (C=O) groups excluding carboxylic acids is 1. The van der Waals surface area contributed by atoms with Gasteiger partial charge in [0.25, 0.3) is 5.91 Å². The van der Waals surface area contributed by atoms with Gasteiger partial charge in [-0.25, -0.2) is 4.98 Å². The van der Waals surface area contributed by atoms with Crippen LogP contribution in [0, 0.1) is 13.8 Å². The van der Waals surface area contributed by atoms with Crippen molar-refractivity contribution in [1.29, 1.82) is 0 Å². The lowest BCUT2D eigenvalue weighted by Gasteiger charge is -2.38. The number of amides is 1. The number of benzene rings is 2. The fourth-order valence-electron chi connectivity index (χ4n) is 4.02. The van der Waals surface area contributed by atoms with Crippen molar-refractivity contribution >= 4 is 17.2 Å². The highest BCUT2D eigenvalue weighted by atomic mass is 32.1. The smallest absolute Gasteiger partial charge is 0.266 e. The monoisotopic (exact) mass is 408 g/mol. The van der Waals surface area contributed by atoms with Gasteiger partial charge in [0, 0.05) is 6.54 Å². The maximum absolute atomic E-state index is 13.5. The number of carbonyl (C=O) groups is 1. The van der Waals surface area contributed by atoms with Gasteiger partial charge in [-0.3, -0.25) is 4.79 Å². The molecule has 4 rings (SSSR count). The molecule has 0 saturated carbocycles. The minimum atomic E-state index is -0.186. The average Bonchev–Trinajstić information content (AvgIpc) is 3.09. The number of ether oxygens (including phenoxy) is 2. The van der Waals surface area contributed by atoms with Crippen molar-refractivity contribution in [3.05, 3.63) is 74.7 Å². The van der Waals surface area contributed by atoms with E-state index in [1.165, 1.54) is 16.9 Å². The van der Waals surface area contributed by atoms with Crippen LogP contribution in [-0.2, 0) is 6.42 Å². The summed E-state index contributed by atoms with van der Waals surface area (Å²) in [6, 6.07) is 14.0. The van der Waals surface area contributed by atoms with Gasteiger partial charge in [0.2, 0.25) is 0 Å². The topological polar surface area (TPSA) is 51.7 Å². The molecule has 0 fully saturated rings. The third kappa shape index (κ3) is 3.49. The first-order valence-corrected chi connectivity index (χ1v) is 10.4. The molecule has 3 aromatic rings. The second-order valence-corrected chi connectivity index (χ2v) is 8.32. The van der Waals surface area contributed by atoms with Gasteiger partial charge < -0.3 is 14.4 Å². The predicted molar refractivity (Wildman–Crippen MR) is 114 cm³/mol. The van der Waals surface area contributed by atoms with E-state index in [2.05, 4.69) is 17.1 Å². The van der Waals surface area contributed by atoms with Crippen LogP contribution in [0.15, 0.2) is 42.5 Å². The van der Waals surface area contributed by atoms with Crippen LogP contribution in [0.1, 0.15) is 43.1 Å². The Labute approximate surface area is 174 Å². The van der Waals surface area contributed by atoms with Crippen molar-refractivity contribution in [2.24, 2.45) is 0 Å². The number of aryl methyl sites for hydroxylation is 2. The van der Waals surface area contributed by atoms with Crippen LogP contribution in [0.25, 0.3) is 0 Å². The molecular formula is C23H24N2O3S. The Morgan fingerprint density at radius 2 is 1.79 bits per heavy atom. The van der Waals surface area contributed by atoms with Crippen molar-refractivity contribution in [3.8, 4) is 11.5 Å². The number of rotatable bonds is 4. The molecule has 0 N–H and O–H groups in total. The Morgan fingerprint density at radius 3 is 2.41 bits per heavy atom. The third-order valence-corrected chi connectivity index (χ3v) is 6.41. The zero-order chi connectivity index (χ0) is 20.5. The quantitative estimate of drug-likeness (QED) is 0.635. The fraction of sp³-hybridized carbons (Fsp3) is 0.304. The number of methoxy groups -OCH3 is 2. The Balaban J connectivity index is 1.85. The summed E-state index contributed by atoms with van der Waals surface area (Å²) in [6.45, 7) is 4.48. The van der Waals surface area contributed by atoms with Gasteiger partial charge in [-0.05, 0) is 49.1 Å². The Morgan fingerprint density at radius 1 is 1.10 bits per heavy atom. The number of aromatic nitrogens is 1.